The molecular formula is C12H14N4O. The fourth-order valence-electron chi connectivity index (χ4n) is 2.21. The van der Waals surface area contributed by atoms with Gasteiger partial charge in [-0.2, -0.15) is 5.10 Å². The summed E-state index contributed by atoms with van der Waals surface area (Å²) in [5.74, 6) is 1.04. The minimum Gasteiger partial charge on any atom is -0.333 e. The van der Waals surface area contributed by atoms with Crippen molar-refractivity contribution in [2.75, 3.05) is 11.4 Å². The molecule has 0 unspecified atom stereocenters. The number of aromatic nitrogens is 2. The molecule has 5 heteroatoms. The molecule has 0 atom stereocenters. The molecule has 1 aromatic heterocycles. The van der Waals surface area contributed by atoms with Crippen molar-refractivity contribution in [1.82, 2.24) is 15.1 Å². The predicted molar refractivity (Wildman–Crippen MR) is 64.1 cm³/mol. The van der Waals surface area contributed by atoms with Gasteiger partial charge in [0.25, 0.3) is 0 Å². The Labute approximate surface area is 99.4 Å². The third-order valence-corrected chi connectivity index (χ3v) is 3.16. The molecule has 5 nitrogen and oxygen atoms in total. The fourth-order valence-corrected chi connectivity index (χ4v) is 2.21. The lowest BCUT2D eigenvalue weighted by Crippen LogP contribution is -2.24. The van der Waals surface area contributed by atoms with Gasteiger partial charge in [0.05, 0.1) is 18.8 Å². The Morgan fingerprint density at radius 3 is 3.00 bits per heavy atom. The van der Waals surface area contributed by atoms with Gasteiger partial charge in [-0.25, -0.2) is 0 Å². The number of nitrogens with one attached hydrogen (secondary N) is 1. The van der Waals surface area contributed by atoms with Crippen LogP contribution in [-0.2, 0) is 17.9 Å². The number of hydrogen-bond donors (Lipinski definition) is 1. The first-order valence-corrected chi connectivity index (χ1v) is 5.67. The van der Waals surface area contributed by atoms with Crippen LogP contribution in [0, 0.1) is 0 Å². The maximum Gasteiger partial charge on any atom is 0.220 e. The lowest BCUT2D eigenvalue weighted by atomic mass is 10.2. The van der Waals surface area contributed by atoms with E-state index in [1.54, 1.807) is 6.92 Å². The van der Waals surface area contributed by atoms with Crippen LogP contribution in [0.3, 0.4) is 0 Å². The monoisotopic (exact) mass is 230 g/mol. The Morgan fingerprint density at radius 1 is 1.41 bits per heavy atom. The highest BCUT2D eigenvalue weighted by Crippen LogP contribution is 2.30. The molecule has 0 saturated heterocycles. The van der Waals surface area contributed by atoms with Crippen molar-refractivity contribution in [1.29, 1.82) is 0 Å². The van der Waals surface area contributed by atoms with Crippen LogP contribution >= 0.6 is 0 Å². The standard InChI is InChI=1S/C12H14N4O/c1-9(17)16-7-10-11(8-16)13-14-12(10)15-5-3-2-4-6-15/h2-5H,6-8H2,1H3,(H,13,14). The quantitative estimate of drug-likeness (QED) is 0.787. The van der Waals surface area contributed by atoms with Crippen LogP contribution in [0.25, 0.3) is 0 Å². The van der Waals surface area contributed by atoms with Crippen molar-refractivity contribution in [2.24, 2.45) is 0 Å². The number of amides is 1. The first-order chi connectivity index (χ1) is 8.25. The highest BCUT2D eigenvalue weighted by molar-refractivity contribution is 5.74. The first-order valence-electron chi connectivity index (χ1n) is 5.67. The number of anilines is 1. The second-order valence-corrected chi connectivity index (χ2v) is 4.30. The van der Waals surface area contributed by atoms with Crippen LogP contribution in [0.4, 0.5) is 5.82 Å². The summed E-state index contributed by atoms with van der Waals surface area (Å²) in [5.41, 5.74) is 2.19. The van der Waals surface area contributed by atoms with Crippen molar-refractivity contribution < 1.29 is 4.79 Å². The van der Waals surface area contributed by atoms with Gasteiger partial charge in [-0.1, -0.05) is 12.2 Å². The van der Waals surface area contributed by atoms with Gasteiger partial charge in [0.1, 0.15) is 0 Å². The molecule has 2 aliphatic heterocycles. The zero-order valence-corrected chi connectivity index (χ0v) is 9.68. The zero-order valence-electron chi connectivity index (χ0n) is 9.68. The molecule has 0 radical (unpaired) electrons. The summed E-state index contributed by atoms with van der Waals surface area (Å²) in [6.07, 6.45) is 8.10. The van der Waals surface area contributed by atoms with Crippen LogP contribution in [0.2, 0.25) is 0 Å². The Morgan fingerprint density at radius 2 is 2.29 bits per heavy atom. The average Bonchev–Trinajstić information content (AvgIpc) is 2.89. The maximum atomic E-state index is 11.4. The predicted octanol–water partition coefficient (Wildman–Crippen LogP) is 1.16. The molecule has 2 aliphatic rings. The topological polar surface area (TPSA) is 52.2 Å². The number of fused-ring (bicyclic) bond motifs is 1. The Bertz CT molecular complexity index is 515. The first kappa shape index (κ1) is 10.1. The van der Waals surface area contributed by atoms with Gasteiger partial charge in [-0.3, -0.25) is 9.89 Å². The number of carbonyl (C=O) groups excluding carboxylic acids is 1. The molecule has 17 heavy (non-hydrogen) atoms. The lowest BCUT2D eigenvalue weighted by Gasteiger charge is -2.19. The smallest absolute Gasteiger partial charge is 0.220 e. The molecule has 3 heterocycles. The SMILES string of the molecule is CC(=O)N1Cc2[nH]nc(N3C=CC=CC3)c2C1. The number of nitrogens with zero attached hydrogens (tertiary/aromatic N) is 3. The number of hydrogen-bond acceptors (Lipinski definition) is 3. The van der Waals surface area contributed by atoms with E-state index < -0.39 is 0 Å². The van der Waals surface area contributed by atoms with E-state index >= 15 is 0 Å². The summed E-state index contributed by atoms with van der Waals surface area (Å²) < 4.78 is 0. The molecule has 1 N–H and O–H groups in total. The number of H-pyrrole nitrogens is 1. The third-order valence-electron chi connectivity index (χ3n) is 3.16. The molecule has 0 aromatic carbocycles. The summed E-state index contributed by atoms with van der Waals surface area (Å²) in [5, 5.41) is 7.36. The van der Waals surface area contributed by atoms with Gasteiger partial charge in [0.15, 0.2) is 5.82 Å². The molecule has 3 rings (SSSR count). The maximum absolute atomic E-state index is 11.4. The van der Waals surface area contributed by atoms with E-state index in [-0.39, 0.29) is 5.91 Å². The van der Waals surface area contributed by atoms with Gasteiger partial charge >= 0.3 is 0 Å². The second kappa shape index (κ2) is 3.76. The van der Waals surface area contributed by atoms with Crippen molar-refractivity contribution in [3.05, 3.63) is 35.7 Å². The summed E-state index contributed by atoms with van der Waals surface area (Å²) in [6, 6.07) is 0. The number of carbonyl (C=O) groups is 1. The molecule has 1 aromatic rings. The fraction of sp³-hybridized carbons (Fsp3) is 0.333. The molecule has 0 saturated carbocycles. The Kier molecular flexibility index (Phi) is 2.24. The second-order valence-electron chi connectivity index (χ2n) is 4.30. The van der Waals surface area contributed by atoms with Gasteiger partial charge in [-0.05, 0) is 6.08 Å². The lowest BCUT2D eigenvalue weighted by molar-refractivity contribution is -0.129. The van der Waals surface area contributed by atoms with E-state index in [9.17, 15) is 4.79 Å². The zero-order chi connectivity index (χ0) is 11.8. The van der Waals surface area contributed by atoms with E-state index in [1.165, 1.54) is 0 Å². The van der Waals surface area contributed by atoms with Crippen LogP contribution < -0.4 is 4.90 Å². The van der Waals surface area contributed by atoms with Crippen LogP contribution in [0.1, 0.15) is 18.2 Å². The Balaban J connectivity index is 1.88. The molecule has 0 fully saturated rings. The van der Waals surface area contributed by atoms with E-state index in [0.717, 1.165) is 23.6 Å². The van der Waals surface area contributed by atoms with E-state index in [0.29, 0.717) is 13.1 Å². The number of rotatable bonds is 1. The largest absolute Gasteiger partial charge is 0.333 e. The number of allylic oxidation sites excluding steroid dienone is 2. The van der Waals surface area contributed by atoms with Crippen molar-refractivity contribution in [3.8, 4) is 0 Å². The molecule has 0 spiro atoms. The van der Waals surface area contributed by atoms with Gasteiger partial charge in [0, 0.05) is 25.2 Å². The van der Waals surface area contributed by atoms with Gasteiger partial charge < -0.3 is 9.80 Å². The molecule has 88 valence electrons. The van der Waals surface area contributed by atoms with E-state index in [2.05, 4.69) is 21.2 Å². The summed E-state index contributed by atoms with van der Waals surface area (Å²) in [4.78, 5) is 15.3. The average molecular weight is 230 g/mol. The number of aromatic amines is 1. The highest BCUT2D eigenvalue weighted by Gasteiger charge is 2.28. The molecule has 0 bridgehead atoms. The van der Waals surface area contributed by atoms with Crippen molar-refractivity contribution >= 4 is 11.7 Å². The van der Waals surface area contributed by atoms with Crippen LogP contribution in [0.5, 0.6) is 0 Å². The van der Waals surface area contributed by atoms with Crippen LogP contribution in [0.15, 0.2) is 24.4 Å². The summed E-state index contributed by atoms with van der Waals surface area (Å²) in [7, 11) is 0. The molecule has 0 aliphatic carbocycles. The van der Waals surface area contributed by atoms with Gasteiger partial charge in [-0.15, -0.1) is 0 Å². The van der Waals surface area contributed by atoms with E-state index in [1.807, 2.05) is 23.3 Å². The minimum absolute atomic E-state index is 0.106. The third kappa shape index (κ3) is 1.63. The van der Waals surface area contributed by atoms with E-state index in [4.69, 9.17) is 0 Å². The van der Waals surface area contributed by atoms with Crippen molar-refractivity contribution in [2.45, 2.75) is 20.0 Å². The van der Waals surface area contributed by atoms with Crippen molar-refractivity contribution in [3.63, 3.8) is 0 Å². The molecule has 1 amide bonds. The summed E-state index contributed by atoms with van der Waals surface area (Å²) in [6.45, 7) is 3.73. The Hall–Kier alpha value is -2.04. The summed E-state index contributed by atoms with van der Waals surface area (Å²) >= 11 is 0. The molecular weight excluding hydrogens is 216 g/mol. The minimum atomic E-state index is 0.106. The van der Waals surface area contributed by atoms with Gasteiger partial charge in [0.2, 0.25) is 5.91 Å². The van der Waals surface area contributed by atoms with Crippen LogP contribution in [-0.4, -0.2) is 27.5 Å². The normalized spacial score (nSPS) is 17.7. The highest BCUT2D eigenvalue weighted by atomic mass is 16.2.